The van der Waals surface area contributed by atoms with Crippen molar-refractivity contribution in [3.05, 3.63) is 63.9 Å². The quantitative estimate of drug-likeness (QED) is 0.426. The predicted molar refractivity (Wildman–Crippen MR) is 120 cm³/mol. The topological polar surface area (TPSA) is 33.5 Å². The van der Waals surface area contributed by atoms with Crippen LogP contribution in [-0.4, -0.2) is 16.8 Å². The van der Waals surface area contributed by atoms with Gasteiger partial charge in [0.25, 0.3) is 5.91 Å². The molecule has 0 unspecified atom stereocenters. The molecule has 0 radical (unpaired) electrons. The molecular weight excluding hydrogens is 422 g/mol. The molecule has 2 aliphatic rings. The van der Waals surface area contributed by atoms with Crippen LogP contribution in [0.1, 0.15) is 53.1 Å². The fourth-order valence-corrected chi connectivity index (χ4v) is 6.94. The third kappa shape index (κ3) is 3.88. The Morgan fingerprint density at radius 3 is 2.83 bits per heavy atom. The second kappa shape index (κ2) is 8.21. The lowest BCUT2D eigenvalue weighted by Gasteiger charge is -2.33. The van der Waals surface area contributed by atoms with Crippen LogP contribution in [0, 0.1) is 0 Å². The first-order valence-corrected chi connectivity index (χ1v) is 12.3. The van der Waals surface area contributed by atoms with Gasteiger partial charge in [-0.3, -0.25) is 4.79 Å². The fraction of sp³-hybridized carbons (Fsp3) is 0.348. The number of furan rings is 1. The molecule has 150 valence electrons. The molecule has 0 saturated heterocycles. The maximum Gasteiger partial charge on any atom is 0.264 e. The maximum atomic E-state index is 13.6. The average molecular weight is 444 g/mol. The van der Waals surface area contributed by atoms with Gasteiger partial charge in [-0.1, -0.05) is 36.9 Å². The van der Waals surface area contributed by atoms with E-state index in [1.165, 1.54) is 40.2 Å². The molecule has 1 aliphatic carbocycles. The minimum atomic E-state index is 0.133. The first-order valence-electron chi connectivity index (χ1n) is 10.1. The predicted octanol–water partition coefficient (Wildman–Crippen LogP) is 7.24. The molecule has 1 amide bonds. The summed E-state index contributed by atoms with van der Waals surface area (Å²) in [6.45, 7) is 0.542. The van der Waals surface area contributed by atoms with Crippen molar-refractivity contribution < 1.29 is 9.21 Å². The average Bonchev–Trinajstić information content (AvgIpc) is 3.41. The van der Waals surface area contributed by atoms with E-state index in [2.05, 4.69) is 12.1 Å². The summed E-state index contributed by atoms with van der Waals surface area (Å²) in [6.07, 6.45) is 7.49. The number of thioether (sulfide) groups is 1. The molecular formula is C23H22ClNO2S2. The van der Waals surface area contributed by atoms with E-state index in [-0.39, 0.29) is 5.91 Å². The number of halogens is 1. The lowest BCUT2D eigenvalue weighted by molar-refractivity contribution is 0.0601. The second-order valence-electron chi connectivity index (χ2n) is 7.70. The number of hydrogen-bond donors (Lipinski definition) is 0. The van der Waals surface area contributed by atoms with Crippen LogP contribution >= 0.6 is 34.7 Å². The molecule has 0 N–H and O–H groups in total. The van der Waals surface area contributed by atoms with E-state index in [1.807, 2.05) is 29.2 Å². The van der Waals surface area contributed by atoms with Crippen molar-refractivity contribution in [2.45, 2.75) is 55.3 Å². The number of hydrogen-bond acceptors (Lipinski definition) is 4. The monoisotopic (exact) mass is 443 g/mol. The van der Waals surface area contributed by atoms with Gasteiger partial charge < -0.3 is 9.32 Å². The molecule has 1 saturated carbocycles. The second-order valence-corrected chi connectivity index (χ2v) is 10.2. The molecule has 3 aromatic rings. The largest absolute Gasteiger partial charge is 0.467 e. The summed E-state index contributed by atoms with van der Waals surface area (Å²) < 4.78 is 5.57. The molecule has 3 heterocycles. The standard InChI is InChI=1S/C23H22ClNO2S2/c24-16-8-9-19-20(12-16)28-14-15-11-21(29-22(15)19)23(26)25(13-18-7-4-10-27-18)17-5-2-1-3-6-17/h4,7-12,17H,1-3,5-6,13-14H2. The van der Waals surface area contributed by atoms with Crippen LogP contribution in [0.2, 0.25) is 5.02 Å². The van der Waals surface area contributed by atoms with E-state index in [0.29, 0.717) is 12.6 Å². The number of rotatable bonds is 4. The van der Waals surface area contributed by atoms with Crippen LogP contribution < -0.4 is 0 Å². The van der Waals surface area contributed by atoms with Gasteiger partial charge in [-0.05, 0) is 48.7 Å². The van der Waals surface area contributed by atoms with Crippen LogP contribution in [0.25, 0.3) is 10.4 Å². The minimum Gasteiger partial charge on any atom is -0.467 e. The van der Waals surface area contributed by atoms with E-state index >= 15 is 0 Å². The molecule has 2 aromatic heterocycles. The Kier molecular flexibility index (Phi) is 5.46. The van der Waals surface area contributed by atoms with Crippen molar-refractivity contribution >= 4 is 40.6 Å². The molecule has 5 rings (SSSR count). The lowest BCUT2D eigenvalue weighted by atomic mass is 9.94. The van der Waals surface area contributed by atoms with E-state index in [9.17, 15) is 4.79 Å². The summed E-state index contributed by atoms with van der Waals surface area (Å²) in [5.74, 6) is 1.86. The van der Waals surface area contributed by atoms with Crippen molar-refractivity contribution in [1.29, 1.82) is 0 Å². The highest BCUT2D eigenvalue weighted by molar-refractivity contribution is 7.98. The zero-order valence-corrected chi connectivity index (χ0v) is 18.4. The Hall–Kier alpha value is -1.69. The normalized spacial score (nSPS) is 16.3. The van der Waals surface area contributed by atoms with Gasteiger partial charge in [-0.25, -0.2) is 0 Å². The highest BCUT2D eigenvalue weighted by Crippen LogP contribution is 2.46. The number of carbonyl (C=O) groups is 1. The third-order valence-electron chi connectivity index (χ3n) is 5.77. The molecule has 6 heteroatoms. The summed E-state index contributed by atoms with van der Waals surface area (Å²) in [5, 5.41) is 0.759. The summed E-state index contributed by atoms with van der Waals surface area (Å²) in [5.41, 5.74) is 2.44. The number of thiophene rings is 1. The Morgan fingerprint density at radius 2 is 2.03 bits per heavy atom. The Labute approximate surface area is 184 Å². The molecule has 3 nitrogen and oxygen atoms in total. The highest BCUT2D eigenvalue weighted by Gasteiger charge is 2.30. The number of benzene rings is 1. The Balaban J connectivity index is 1.47. The molecule has 1 aliphatic heterocycles. The van der Waals surface area contributed by atoms with Gasteiger partial charge in [0, 0.05) is 32.2 Å². The van der Waals surface area contributed by atoms with E-state index in [4.69, 9.17) is 16.0 Å². The Bertz CT molecular complexity index is 1020. The van der Waals surface area contributed by atoms with Crippen LogP contribution in [0.3, 0.4) is 0 Å². The zero-order valence-electron chi connectivity index (χ0n) is 16.0. The Morgan fingerprint density at radius 1 is 1.17 bits per heavy atom. The van der Waals surface area contributed by atoms with Gasteiger partial charge in [0.05, 0.1) is 17.7 Å². The maximum absolute atomic E-state index is 13.6. The zero-order chi connectivity index (χ0) is 19.8. The summed E-state index contributed by atoms with van der Waals surface area (Å²) in [4.78, 5) is 18.9. The SMILES string of the molecule is O=C(c1cc2c(s1)-c1ccc(Cl)cc1SC2)N(Cc1ccco1)C1CCCCC1. The molecule has 1 fully saturated rings. The van der Waals surface area contributed by atoms with E-state index in [0.717, 1.165) is 34.3 Å². The first-order chi connectivity index (χ1) is 14.2. The van der Waals surface area contributed by atoms with Crippen molar-refractivity contribution in [2.75, 3.05) is 0 Å². The summed E-state index contributed by atoms with van der Waals surface area (Å²) in [7, 11) is 0. The van der Waals surface area contributed by atoms with Crippen molar-refractivity contribution in [3.63, 3.8) is 0 Å². The third-order valence-corrected chi connectivity index (χ3v) is 8.31. The van der Waals surface area contributed by atoms with Crippen molar-refractivity contribution in [2.24, 2.45) is 0 Å². The van der Waals surface area contributed by atoms with Crippen LogP contribution in [-0.2, 0) is 12.3 Å². The van der Waals surface area contributed by atoms with Gasteiger partial charge in [-0.15, -0.1) is 23.1 Å². The van der Waals surface area contributed by atoms with Crippen LogP contribution in [0.15, 0.2) is 52.0 Å². The number of nitrogens with zero attached hydrogens (tertiary/aromatic N) is 1. The van der Waals surface area contributed by atoms with Gasteiger partial charge >= 0.3 is 0 Å². The van der Waals surface area contributed by atoms with Gasteiger partial charge in [0.2, 0.25) is 0 Å². The van der Waals surface area contributed by atoms with Crippen molar-refractivity contribution in [1.82, 2.24) is 4.90 Å². The van der Waals surface area contributed by atoms with Crippen LogP contribution in [0.4, 0.5) is 0 Å². The number of carbonyl (C=O) groups excluding carboxylic acids is 1. The van der Waals surface area contributed by atoms with Crippen molar-refractivity contribution in [3.8, 4) is 10.4 Å². The molecule has 0 atom stereocenters. The van der Waals surface area contributed by atoms with Gasteiger partial charge in [0.1, 0.15) is 5.76 Å². The molecule has 0 spiro atoms. The smallest absolute Gasteiger partial charge is 0.264 e. The number of fused-ring (bicyclic) bond motifs is 3. The highest BCUT2D eigenvalue weighted by atomic mass is 35.5. The first kappa shape index (κ1) is 19.3. The molecule has 0 bridgehead atoms. The van der Waals surface area contributed by atoms with Gasteiger partial charge in [0.15, 0.2) is 0 Å². The number of amides is 1. The summed E-state index contributed by atoms with van der Waals surface area (Å²) in [6, 6.07) is 12.3. The lowest BCUT2D eigenvalue weighted by Crippen LogP contribution is -2.40. The summed E-state index contributed by atoms with van der Waals surface area (Å²) >= 11 is 9.59. The van der Waals surface area contributed by atoms with E-state index in [1.54, 1.807) is 29.4 Å². The van der Waals surface area contributed by atoms with E-state index < -0.39 is 0 Å². The van der Waals surface area contributed by atoms with Crippen LogP contribution in [0.5, 0.6) is 0 Å². The molecule has 29 heavy (non-hydrogen) atoms. The van der Waals surface area contributed by atoms with Gasteiger partial charge in [-0.2, -0.15) is 0 Å². The fourth-order valence-electron chi connectivity index (χ4n) is 4.30. The molecule has 1 aromatic carbocycles. The minimum absolute atomic E-state index is 0.133.